The molecule has 2 unspecified atom stereocenters. The van der Waals surface area contributed by atoms with Gasteiger partial charge in [-0.25, -0.2) is 4.98 Å². The van der Waals surface area contributed by atoms with Crippen molar-refractivity contribution >= 4 is 11.6 Å². The van der Waals surface area contributed by atoms with Crippen molar-refractivity contribution in [2.24, 2.45) is 0 Å². The molecule has 0 saturated carbocycles. The minimum absolute atomic E-state index is 0.173. The van der Waals surface area contributed by atoms with Crippen molar-refractivity contribution in [3.8, 4) is 0 Å². The van der Waals surface area contributed by atoms with Gasteiger partial charge in [-0.05, 0) is 44.2 Å². The van der Waals surface area contributed by atoms with Gasteiger partial charge in [-0.15, -0.1) is 0 Å². The number of aromatic nitrogens is 2. The predicted octanol–water partition coefficient (Wildman–Crippen LogP) is 2.72. The molecule has 1 aromatic carbocycles. The van der Waals surface area contributed by atoms with E-state index in [9.17, 15) is 4.79 Å². The normalized spacial score (nSPS) is 20.7. The van der Waals surface area contributed by atoms with E-state index in [4.69, 9.17) is 0 Å². The lowest BCUT2D eigenvalue weighted by Crippen LogP contribution is -2.48. The van der Waals surface area contributed by atoms with Crippen molar-refractivity contribution in [1.29, 1.82) is 0 Å². The van der Waals surface area contributed by atoms with Crippen molar-refractivity contribution in [3.63, 3.8) is 0 Å². The summed E-state index contributed by atoms with van der Waals surface area (Å²) in [4.78, 5) is 19.4. The number of hydrogen-bond acceptors (Lipinski definition) is 3. The molecule has 0 fully saturated rings. The molecule has 5 nitrogen and oxygen atoms in total. The minimum Gasteiger partial charge on any atom is -0.335 e. The number of hydrogen-bond donors (Lipinski definition) is 1. The zero-order chi connectivity index (χ0) is 17.2. The third kappa shape index (κ3) is 3.21. The van der Waals surface area contributed by atoms with Crippen LogP contribution in [0.4, 0.5) is 5.69 Å². The van der Waals surface area contributed by atoms with Gasteiger partial charge in [-0.3, -0.25) is 4.79 Å². The summed E-state index contributed by atoms with van der Waals surface area (Å²) in [6, 6.07) is 8.09. The Morgan fingerprint density at radius 3 is 3.12 bits per heavy atom. The van der Waals surface area contributed by atoms with Crippen molar-refractivity contribution in [2.75, 3.05) is 18.0 Å². The first-order chi connectivity index (χ1) is 12.2. The highest BCUT2D eigenvalue weighted by Crippen LogP contribution is 2.28. The fourth-order valence-corrected chi connectivity index (χ4v) is 4.10. The van der Waals surface area contributed by atoms with Gasteiger partial charge in [-0.2, -0.15) is 0 Å². The first-order valence-electron chi connectivity index (χ1n) is 9.38. The van der Waals surface area contributed by atoms with Crippen LogP contribution in [0.15, 0.2) is 36.7 Å². The van der Waals surface area contributed by atoms with Gasteiger partial charge in [0.25, 0.3) is 0 Å². The molecular formula is C20H26N4O. The fraction of sp³-hybridized carbons (Fsp3) is 0.500. The molecule has 0 aliphatic carbocycles. The molecule has 1 amide bonds. The van der Waals surface area contributed by atoms with Gasteiger partial charge in [0.15, 0.2) is 0 Å². The number of rotatable bonds is 4. The molecule has 1 aromatic heterocycles. The topological polar surface area (TPSA) is 50.2 Å². The number of amides is 1. The maximum Gasteiger partial charge on any atom is 0.243 e. The summed E-state index contributed by atoms with van der Waals surface area (Å²) in [5.74, 6) is 1.72. The Balaban J connectivity index is 1.41. The molecular weight excluding hydrogens is 312 g/mol. The lowest BCUT2D eigenvalue weighted by Gasteiger charge is -2.32. The van der Waals surface area contributed by atoms with Crippen LogP contribution in [-0.2, 0) is 17.8 Å². The Bertz CT molecular complexity index is 754. The van der Waals surface area contributed by atoms with E-state index in [1.54, 1.807) is 0 Å². The van der Waals surface area contributed by atoms with Gasteiger partial charge < -0.3 is 14.8 Å². The zero-order valence-electron chi connectivity index (χ0n) is 14.8. The Kier molecular flexibility index (Phi) is 4.57. The molecule has 25 heavy (non-hydrogen) atoms. The number of aryl methyl sites for hydroxylation is 2. The number of benzene rings is 1. The standard InChI is InChI=1S/C20H26N4O/c1-15(22-14-17-8-4-11-23-13-10-21-19(17)23)20(25)24-12-5-7-16-6-2-3-9-18(16)24/h2-3,6,9-10,13,15,17,22H,4-5,7-8,11-12,14H2,1H3. The fourth-order valence-electron chi connectivity index (χ4n) is 4.10. The van der Waals surface area contributed by atoms with Crippen LogP contribution in [-0.4, -0.2) is 34.6 Å². The third-order valence-electron chi connectivity index (χ3n) is 5.48. The van der Waals surface area contributed by atoms with Crippen LogP contribution >= 0.6 is 0 Å². The number of anilines is 1. The summed E-state index contributed by atoms with van der Waals surface area (Å²) in [7, 11) is 0. The number of fused-ring (bicyclic) bond motifs is 2. The van der Waals surface area contributed by atoms with Crippen molar-refractivity contribution in [2.45, 2.75) is 51.1 Å². The summed E-state index contributed by atoms with van der Waals surface area (Å²) in [6.07, 6.45) is 8.35. The lowest BCUT2D eigenvalue weighted by molar-refractivity contribution is -0.120. The molecule has 2 aromatic rings. The molecule has 2 atom stereocenters. The van der Waals surface area contributed by atoms with Gasteiger partial charge in [0.1, 0.15) is 5.82 Å². The highest BCUT2D eigenvalue weighted by molar-refractivity contribution is 5.98. The largest absolute Gasteiger partial charge is 0.335 e. The number of para-hydroxylation sites is 1. The van der Waals surface area contributed by atoms with Crippen LogP contribution in [0.3, 0.4) is 0 Å². The summed E-state index contributed by atoms with van der Waals surface area (Å²) in [5, 5.41) is 3.47. The molecule has 0 radical (unpaired) electrons. The first-order valence-corrected chi connectivity index (χ1v) is 9.38. The first kappa shape index (κ1) is 16.3. The Morgan fingerprint density at radius 1 is 1.32 bits per heavy atom. The van der Waals surface area contributed by atoms with E-state index in [0.29, 0.717) is 5.92 Å². The molecule has 0 bridgehead atoms. The second-order valence-electron chi connectivity index (χ2n) is 7.17. The van der Waals surface area contributed by atoms with Gasteiger partial charge in [0.05, 0.1) is 6.04 Å². The summed E-state index contributed by atoms with van der Waals surface area (Å²) >= 11 is 0. The van der Waals surface area contributed by atoms with Crippen LogP contribution in [0.25, 0.3) is 0 Å². The molecule has 2 aliphatic rings. The van der Waals surface area contributed by atoms with Gasteiger partial charge in [0.2, 0.25) is 5.91 Å². The van der Waals surface area contributed by atoms with Gasteiger partial charge in [0, 0.05) is 43.6 Å². The molecule has 0 spiro atoms. The van der Waals surface area contributed by atoms with E-state index in [2.05, 4.69) is 39.3 Å². The minimum atomic E-state index is -0.184. The second kappa shape index (κ2) is 7.00. The smallest absolute Gasteiger partial charge is 0.243 e. The monoisotopic (exact) mass is 338 g/mol. The molecule has 5 heteroatoms. The van der Waals surface area contributed by atoms with Crippen LogP contribution < -0.4 is 10.2 Å². The summed E-state index contributed by atoms with van der Waals surface area (Å²) < 4.78 is 2.24. The number of nitrogens with zero attached hydrogens (tertiary/aromatic N) is 3. The Hall–Kier alpha value is -2.14. The van der Waals surface area contributed by atoms with E-state index in [-0.39, 0.29) is 11.9 Å². The van der Waals surface area contributed by atoms with Crippen LogP contribution in [0, 0.1) is 0 Å². The summed E-state index contributed by atoms with van der Waals surface area (Å²) in [6.45, 7) is 4.66. The van der Waals surface area contributed by atoms with E-state index in [1.165, 1.54) is 12.0 Å². The van der Waals surface area contributed by atoms with Crippen molar-refractivity contribution in [3.05, 3.63) is 48.0 Å². The van der Waals surface area contributed by atoms with Crippen molar-refractivity contribution < 1.29 is 4.79 Å². The Labute approximate surface area is 149 Å². The van der Waals surface area contributed by atoms with E-state index in [1.807, 2.05) is 24.1 Å². The van der Waals surface area contributed by atoms with Crippen LogP contribution in [0.2, 0.25) is 0 Å². The van der Waals surface area contributed by atoms with E-state index < -0.39 is 0 Å². The van der Waals surface area contributed by atoms with Gasteiger partial charge in [-0.1, -0.05) is 18.2 Å². The molecule has 1 N–H and O–H groups in total. The van der Waals surface area contributed by atoms with Crippen molar-refractivity contribution in [1.82, 2.24) is 14.9 Å². The molecule has 4 rings (SSSR count). The van der Waals surface area contributed by atoms with E-state index >= 15 is 0 Å². The predicted molar refractivity (Wildman–Crippen MR) is 98.8 cm³/mol. The zero-order valence-corrected chi connectivity index (χ0v) is 14.8. The third-order valence-corrected chi connectivity index (χ3v) is 5.48. The SMILES string of the molecule is CC(NCC1CCCn2ccnc21)C(=O)N1CCCc2ccccc21. The number of nitrogens with one attached hydrogen (secondary N) is 1. The lowest BCUT2D eigenvalue weighted by atomic mass is 9.98. The molecule has 0 saturated heterocycles. The maximum atomic E-state index is 13.0. The number of carbonyl (C=O) groups is 1. The molecule has 3 heterocycles. The van der Waals surface area contributed by atoms with E-state index in [0.717, 1.165) is 50.4 Å². The highest BCUT2D eigenvalue weighted by Gasteiger charge is 2.27. The quantitative estimate of drug-likeness (QED) is 0.932. The number of imidazole rings is 1. The number of carbonyl (C=O) groups excluding carboxylic acids is 1. The molecule has 132 valence electrons. The average molecular weight is 338 g/mol. The molecule has 2 aliphatic heterocycles. The highest BCUT2D eigenvalue weighted by atomic mass is 16.2. The Morgan fingerprint density at radius 2 is 2.20 bits per heavy atom. The van der Waals surface area contributed by atoms with Crippen LogP contribution in [0.5, 0.6) is 0 Å². The second-order valence-corrected chi connectivity index (χ2v) is 7.17. The summed E-state index contributed by atoms with van der Waals surface area (Å²) in [5.41, 5.74) is 2.37. The average Bonchev–Trinajstić information content (AvgIpc) is 3.14. The van der Waals surface area contributed by atoms with Crippen LogP contribution in [0.1, 0.15) is 43.5 Å². The maximum absolute atomic E-state index is 13.0. The van der Waals surface area contributed by atoms with Gasteiger partial charge >= 0.3 is 0 Å².